The van der Waals surface area contributed by atoms with Crippen molar-refractivity contribution in [3.63, 3.8) is 0 Å². The molecule has 0 amide bonds. The monoisotopic (exact) mass is 556 g/mol. The average molecular weight is 557 g/mol. The SMILES string of the molecule is CC(=O)OCC1=CO[C@H](O[C@@H]2O[C@H](COC(C)=O)[C@@H](OC(C)=O)[C@H](OC(C)=O)[C@H]2OC(C)=O)[C@H]2[C@H](C)CC[C@H]12. The van der Waals surface area contributed by atoms with Crippen LogP contribution < -0.4 is 0 Å². The molecule has 0 aromatic carbocycles. The second kappa shape index (κ2) is 13.2. The number of rotatable bonds is 9. The number of carbonyl (C=O) groups is 5. The summed E-state index contributed by atoms with van der Waals surface area (Å²) in [6.07, 6.45) is -4.14. The Labute approximate surface area is 226 Å². The number of esters is 5. The number of hydrogen-bond acceptors (Lipinski definition) is 13. The van der Waals surface area contributed by atoms with Crippen LogP contribution in [-0.4, -0.2) is 80.1 Å². The highest BCUT2D eigenvalue weighted by Crippen LogP contribution is 2.47. The van der Waals surface area contributed by atoms with E-state index in [2.05, 4.69) is 0 Å². The van der Waals surface area contributed by atoms with Gasteiger partial charge in [0.15, 0.2) is 18.3 Å². The van der Waals surface area contributed by atoms with Crippen LogP contribution in [0.2, 0.25) is 0 Å². The maximum atomic E-state index is 12.1. The van der Waals surface area contributed by atoms with Gasteiger partial charge >= 0.3 is 29.8 Å². The van der Waals surface area contributed by atoms with Crippen molar-refractivity contribution < 1.29 is 61.9 Å². The topological polar surface area (TPSA) is 159 Å². The van der Waals surface area contributed by atoms with Crippen LogP contribution in [0.3, 0.4) is 0 Å². The standard InChI is InChI=1S/C26H36O13/c1-12-7-8-19-18(9-32-13(2)27)10-34-25(21(12)19)39-26-24(37-17(6)31)23(36-16(5)30)22(35-15(4)29)20(38-26)11-33-14(3)28/h10,12,19-26H,7-9,11H2,1-6H3/t12-,19-,20-,21+,22-,23+,24-,25-,26+/m1/s1. The quantitative estimate of drug-likeness (QED) is 0.298. The molecule has 1 saturated heterocycles. The van der Waals surface area contributed by atoms with E-state index >= 15 is 0 Å². The van der Waals surface area contributed by atoms with Gasteiger partial charge < -0.3 is 37.9 Å². The third kappa shape index (κ3) is 7.91. The first-order chi connectivity index (χ1) is 18.4. The van der Waals surface area contributed by atoms with Gasteiger partial charge in [-0.25, -0.2) is 0 Å². The Morgan fingerprint density at radius 1 is 0.769 bits per heavy atom. The number of fused-ring (bicyclic) bond motifs is 1. The minimum absolute atomic E-state index is 0.00349. The zero-order valence-electron chi connectivity index (χ0n) is 22.9. The van der Waals surface area contributed by atoms with Gasteiger partial charge in [-0.15, -0.1) is 0 Å². The molecule has 218 valence electrons. The van der Waals surface area contributed by atoms with Crippen LogP contribution in [0.4, 0.5) is 0 Å². The van der Waals surface area contributed by atoms with E-state index < -0.39 is 66.8 Å². The molecule has 0 bridgehead atoms. The first-order valence-electron chi connectivity index (χ1n) is 12.8. The Bertz CT molecular complexity index is 975. The van der Waals surface area contributed by atoms with E-state index in [0.717, 1.165) is 39.2 Å². The van der Waals surface area contributed by atoms with Gasteiger partial charge in [0, 0.05) is 46.1 Å². The zero-order valence-corrected chi connectivity index (χ0v) is 22.9. The molecule has 9 atom stereocenters. The Hall–Kier alpha value is -3.19. The molecule has 2 heterocycles. The van der Waals surface area contributed by atoms with Crippen LogP contribution in [-0.2, 0) is 61.9 Å². The second-order valence-corrected chi connectivity index (χ2v) is 9.92. The maximum Gasteiger partial charge on any atom is 0.303 e. The molecule has 1 saturated carbocycles. The van der Waals surface area contributed by atoms with E-state index in [1.807, 2.05) is 6.92 Å². The highest BCUT2D eigenvalue weighted by atomic mass is 16.8. The Morgan fingerprint density at radius 3 is 1.95 bits per heavy atom. The van der Waals surface area contributed by atoms with Crippen molar-refractivity contribution in [1.82, 2.24) is 0 Å². The van der Waals surface area contributed by atoms with E-state index in [1.54, 1.807) is 0 Å². The lowest BCUT2D eigenvalue weighted by molar-refractivity contribution is -0.345. The molecule has 13 heteroatoms. The molecular formula is C26H36O13. The van der Waals surface area contributed by atoms with E-state index in [4.69, 9.17) is 37.9 Å². The van der Waals surface area contributed by atoms with Crippen molar-refractivity contribution in [1.29, 1.82) is 0 Å². The highest BCUT2D eigenvalue weighted by molar-refractivity contribution is 5.69. The van der Waals surface area contributed by atoms with Crippen LogP contribution >= 0.6 is 0 Å². The van der Waals surface area contributed by atoms with Gasteiger partial charge in [0.25, 0.3) is 0 Å². The number of carbonyl (C=O) groups excluding carboxylic acids is 5. The summed E-state index contributed by atoms with van der Waals surface area (Å²) in [7, 11) is 0. The predicted molar refractivity (Wildman–Crippen MR) is 128 cm³/mol. The fourth-order valence-corrected chi connectivity index (χ4v) is 5.33. The molecule has 1 aliphatic carbocycles. The Kier molecular flexibility index (Phi) is 10.3. The smallest absolute Gasteiger partial charge is 0.303 e. The third-order valence-corrected chi connectivity index (χ3v) is 6.86. The summed E-state index contributed by atoms with van der Waals surface area (Å²) in [6.45, 7) is 7.75. The lowest BCUT2D eigenvalue weighted by Crippen LogP contribution is -2.63. The van der Waals surface area contributed by atoms with E-state index in [0.29, 0.717) is 0 Å². The van der Waals surface area contributed by atoms with Crippen molar-refractivity contribution in [2.75, 3.05) is 13.2 Å². The number of hydrogen-bond donors (Lipinski definition) is 0. The minimum atomic E-state index is -1.35. The van der Waals surface area contributed by atoms with Crippen molar-refractivity contribution in [3.05, 3.63) is 11.8 Å². The van der Waals surface area contributed by atoms with Crippen LogP contribution in [0.1, 0.15) is 54.4 Å². The Morgan fingerprint density at radius 2 is 1.36 bits per heavy atom. The van der Waals surface area contributed by atoms with Gasteiger partial charge in [0.05, 0.1) is 6.26 Å². The fourth-order valence-electron chi connectivity index (χ4n) is 5.33. The third-order valence-electron chi connectivity index (χ3n) is 6.86. The normalized spacial score (nSPS) is 33.5. The molecule has 2 fully saturated rings. The summed E-state index contributed by atoms with van der Waals surface area (Å²) in [6, 6.07) is 0. The first kappa shape index (κ1) is 30.4. The predicted octanol–water partition coefficient (Wildman–Crippen LogP) is 1.55. The molecule has 0 radical (unpaired) electrons. The summed E-state index contributed by atoms with van der Waals surface area (Å²) in [5, 5.41) is 0. The van der Waals surface area contributed by atoms with E-state index in [1.165, 1.54) is 20.1 Å². The van der Waals surface area contributed by atoms with Gasteiger partial charge in [-0.05, 0) is 24.7 Å². The minimum Gasteiger partial charge on any atom is -0.472 e. The zero-order chi connectivity index (χ0) is 28.9. The van der Waals surface area contributed by atoms with E-state index in [9.17, 15) is 24.0 Å². The van der Waals surface area contributed by atoms with Crippen LogP contribution in [0.5, 0.6) is 0 Å². The number of ether oxygens (including phenoxy) is 8. The molecule has 0 aromatic rings. The van der Waals surface area contributed by atoms with E-state index in [-0.39, 0.29) is 31.0 Å². The van der Waals surface area contributed by atoms with Gasteiger partial charge in [0.1, 0.15) is 19.3 Å². The summed E-state index contributed by atoms with van der Waals surface area (Å²) < 4.78 is 44.9. The van der Waals surface area contributed by atoms with Crippen molar-refractivity contribution >= 4 is 29.8 Å². The van der Waals surface area contributed by atoms with Gasteiger partial charge in [-0.1, -0.05) is 6.92 Å². The molecule has 13 nitrogen and oxygen atoms in total. The summed E-state index contributed by atoms with van der Waals surface area (Å²) in [5.74, 6) is -3.21. The molecule has 2 aliphatic heterocycles. The molecule has 0 aromatic heterocycles. The summed E-state index contributed by atoms with van der Waals surface area (Å²) in [4.78, 5) is 58.9. The lowest BCUT2D eigenvalue weighted by atomic mass is 9.83. The summed E-state index contributed by atoms with van der Waals surface area (Å²) in [5.41, 5.74) is 0.820. The molecule has 0 N–H and O–H groups in total. The molecule has 39 heavy (non-hydrogen) atoms. The molecule has 3 aliphatic rings. The first-order valence-corrected chi connectivity index (χ1v) is 12.8. The molecular weight excluding hydrogens is 520 g/mol. The van der Waals surface area contributed by atoms with Crippen LogP contribution in [0, 0.1) is 17.8 Å². The molecule has 0 spiro atoms. The fraction of sp³-hybridized carbons (Fsp3) is 0.731. The van der Waals surface area contributed by atoms with Crippen LogP contribution in [0.25, 0.3) is 0 Å². The largest absolute Gasteiger partial charge is 0.472 e. The highest BCUT2D eigenvalue weighted by Gasteiger charge is 2.55. The maximum absolute atomic E-state index is 12.1. The lowest BCUT2D eigenvalue weighted by Gasteiger charge is -2.46. The Balaban J connectivity index is 1.93. The summed E-state index contributed by atoms with van der Waals surface area (Å²) >= 11 is 0. The molecule has 0 unspecified atom stereocenters. The van der Waals surface area contributed by atoms with Crippen molar-refractivity contribution in [3.8, 4) is 0 Å². The molecule has 3 rings (SSSR count). The average Bonchev–Trinajstić information content (AvgIpc) is 3.22. The van der Waals surface area contributed by atoms with Crippen LogP contribution in [0.15, 0.2) is 11.8 Å². The van der Waals surface area contributed by atoms with Gasteiger partial charge in [0.2, 0.25) is 12.6 Å². The van der Waals surface area contributed by atoms with Gasteiger partial charge in [-0.2, -0.15) is 0 Å². The van der Waals surface area contributed by atoms with Crippen molar-refractivity contribution in [2.24, 2.45) is 17.8 Å². The van der Waals surface area contributed by atoms with Crippen molar-refractivity contribution in [2.45, 2.75) is 91.4 Å². The second-order valence-electron chi connectivity index (χ2n) is 9.92. The van der Waals surface area contributed by atoms with Gasteiger partial charge in [-0.3, -0.25) is 24.0 Å².